The zero-order chi connectivity index (χ0) is 14.1. The Labute approximate surface area is 118 Å². The first-order valence-corrected chi connectivity index (χ1v) is 7.38. The van der Waals surface area contributed by atoms with Gasteiger partial charge in [0.1, 0.15) is 0 Å². The van der Waals surface area contributed by atoms with Crippen molar-refractivity contribution in [2.75, 3.05) is 20.1 Å². The van der Waals surface area contributed by atoms with Gasteiger partial charge in [0.15, 0.2) is 0 Å². The SMILES string of the molecule is C=C=C/C=C\CCN(C)CC1CCC(C(C)=N)CC1. The molecule has 1 aliphatic rings. The molecule has 0 atom stereocenters. The Balaban J connectivity index is 2.17. The maximum absolute atomic E-state index is 7.71. The highest BCUT2D eigenvalue weighted by atomic mass is 15.1. The smallest absolute Gasteiger partial charge is 0.00891 e. The summed E-state index contributed by atoms with van der Waals surface area (Å²) in [5.74, 6) is 1.40. The molecule has 1 aliphatic carbocycles. The van der Waals surface area contributed by atoms with Gasteiger partial charge in [0.2, 0.25) is 0 Å². The van der Waals surface area contributed by atoms with E-state index < -0.39 is 0 Å². The molecule has 0 heterocycles. The summed E-state index contributed by atoms with van der Waals surface area (Å²) in [7, 11) is 2.21. The zero-order valence-corrected chi connectivity index (χ0v) is 12.5. The van der Waals surface area contributed by atoms with Crippen molar-refractivity contribution in [1.82, 2.24) is 4.90 Å². The topological polar surface area (TPSA) is 27.1 Å². The van der Waals surface area contributed by atoms with E-state index in [1.54, 1.807) is 0 Å². The van der Waals surface area contributed by atoms with Gasteiger partial charge >= 0.3 is 0 Å². The average Bonchev–Trinajstić information content (AvgIpc) is 2.39. The Hall–Kier alpha value is -1.11. The summed E-state index contributed by atoms with van der Waals surface area (Å²) >= 11 is 0. The van der Waals surface area contributed by atoms with Gasteiger partial charge in [-0.2, -0.15) is 0 Å². The summed E-state index contributed by atoms with van der Waals surface area (Å²) in [6.07, 6.45) is 12.1. The maximum Gasteiger partial charge on any atom is 0.00891 e. The quantitative estimate of drug-likeness (QED) is 0.417. The molecule has 0 bridgehead atoms. The van der Waals surface area contributed by atoms with Gasteiger partial charge in [0.25, 0.3) is 0 Å². The van der Waals surface area contributed by atoms with Gasteiger partial charge in [0, 0.05) is 18.8 Å². The Morgan fingerprint density at radius 2 is 2.05 bits per heavy atom. The first kappa shape index (κ1) is 15.9. The second-order valence-corrected chi connectivity index (χ2v) is 5.75. The van der Waals surface area contributed by atoms with Gasteiger partial charge in [-0.1, -0.05) is 18.7 Å². The van der Waals surface area contributed by atoms with E-state index in [1.807, 2.05) is 19.1 Å². The second-order valence-electron chi connectivity index (χ2n) is 5.75. The van der Waals surface area contributed by atoms with Crippen molar-refractivity contribution < 1.29 is 0 Å². The van der Waals surface area contributed by atoms with Crippen molar-refractivity contribution in [1.29, 1.82) is 5.41 Å². The number of hydrogen-bond acceptors (Lipinski definition) is 2. The van der Waals surface area contributed by atoms with Gasteiger partial charge in [0.05, 0.1) is 0 Å². The third-order valence-electron chi connectivity index (χ3n) is 4.06. The predicted octanol–water partition coefficient (Wildman–Crippen LogP) is 4.05. The Morgan fingerprint density at radius 3 is 2.63 bits per heavy atom. The monoisotopic (exact) mass is 260 g/mol. The lowest BCUT2D eigenvalue weighted by molar-refractivity contribution is 0.224. The van der Waals surface area contributed by atoms with Crippen LogP contribution < -0.4 is 0 Å². The van der Waals surface area contributed by atoms with Gasteiger partial charge in [-0.3, -0.25) is 0 Å². The summed E-state index contributed by atoms with van der Waals surface area (Å²) in [6, 6.07) is 0. The van der Waals surface area contributed by atoms with E-state index >= 15 is 0 Å². The minimum absolute atomic E-state index is 0.565. The summed E-state index contributed by atoms with van der Waals surface area (Å²) in [6.45, 7) is 7.81. The fourth-order valence-corrected chi connectivity index (χ4v) is 2.84. The molecule has 0 radical (unpaired) electrons. The Morgan fingerprint density at radius 1 is 1.37 bits per heavy atom. The molecule has 2 heteroatoms. The van der Waals surface area contributed by atoms with Crippen LogP contribution >= 0.6 is 0 Å². The van der Waals surface area contributed by atoms with Gasteiger partial charge < -0.3 is 10.3 Å². The fourth-order valence-electron chi connectivity index (χ4n) is 2.84. The molecule has 0 aromatic rings. The minimum atomic E-state index is 0.565. The van der Waals surface area contributed by atoms with E-state index in [-0.39, 0.29) is 0 Å². The largest absolute Gasteiger partial charge is 0.310 e. The van der Waals surface area contributed by atoms with Crippen LogP contribution in [-0.4, -0.2) is 30.7 Å². The number of hydrogen-bond donors (Lipinski definition) is 1. The van der Waals surface area contributed by atoms with Crippen LogP contribution in [0, 0.1) is 17.2 Å². The van der Waals surface area contributed by atoms with E-state index in [0.717, 1.165) is 24.6 Å². The second kappa shape index (κ2) is 8.90. The van der Waals surface area contributed by atoms with E-state index in [9.17, 15) is 0 Å². The fraction of sp³-hybridized carbons (Fsp3) is 0.647. The molecule has 1 rings (SSSR count). The summed E-state index contributed by atoms with van der Waals surface area (Å²) < 4.78 is 0. The number of rotatable bonds is 7. The van der Waals surface area contributed by atoms with Crippen molar-refractivity contribution in [2.24, 2.45) is 11.8 Å². The molecule has 0 saturated heterocycles. The predicted molar refractivity (Wildman–Crippen MR) is 83.8 cm³/mol. The van der Waals surface area contributed by atoms with Gasteiger partial charge in [-0.15, -0.1) is 5.73 Å². The van der Waals surface area contributed by atoms with Crippen molar-refractivity contribution >= 4 is 5.71 Å². The first-order chi connectivity index (χ1) is 9.13. The lowest BCUT2D eigenvalue weighted by atomic mass is 9.80. The van der Waals surface area contributed by atoms with E-state index in [0.29, 0.717) is 5.92 Å². The molecule has 19 heavy (non-hydrogen) atoms. The highest BCUT2D eigenvalue weighted by molar-refractivity contribution is 5.81. The molecular formula is C17H28N2. The van der Waals surface area contributed by atoms with Crippen LogP contribution in [0.2, 0.25) is 0 Å². The standard InChI is InChI=1S/C17H28N2/c1-4-5-6-7-8-13-19(3)14-16-9-11-17(12-10-16)15(2)18/h5-7,16-18H,1,8-14H2,2-3H3/b7-6-,18-15?. The van der Waals surface area contributed by atoms with Crippen molar-refractivity contribution in [3.8, 4) is 0 Å². The molecule has 2 nitrogen and oxygen atoms in total. The summed E-state index contributed by atoms with van der Waals surface area (Å²) in [5.41, 5.74) is 3.62. The molecule has 1 saturated carbocycles. The van der Waals surface area contributed by atoms with Crippen molar-refractivity contribution in [2.45, 2.75) is 39.0 Å². The molecule has 0 aromatic heterocycles. The molecule has 106 valence electrons. The van der Waals surface area contributed by atoms with Crippen LogP contribution in [0.1, 0.15) is 39.0 Å². The maximum atomic E-state index is 7.71. The highest BCUT2D eigenvalue weighted by Crippen LogP contribution is 2.29. The van der Waals surface area contributed by atoms with Crippen molar-refractivity contribution in [3.05, 3.63) is 30.5 Å². The van der Waals surface area contributed by atoms with Crippen LogP contribution in [-0.2, 0) is 0 Å². The van der Waals surface area contributed by atoms with Crippen LogP contribution in [0.5, 0.6) is 0 Å². The molecule has 0 spiro atoms. The summed E-state index contributed by atoms with van der Waals surface area (Å²) in [4.78, 5) is 2.43. The van der Waals surface area contributed by atoms with E-state index in [1.165, 1.54) is 32.2 Å². The molecule has 0 amide bonds. The average molecular weight is 260 g/mol. The summed E-state index contributed by atoms with van der Waals surface area (Å²) in [5, 5.41) is 7.71. The third-order valence-corrected chi connectivity index (χ3v) is 4.06. The third kappa shape index (κ3) is 6.56. The minimum Gasteiger partial charge on any atom is -0.310 e. The lowest BCUT2D eigenvalue weighted by Crippen LogP contribution is -2.30. The molecule has 1 fully saturated rings. The van der Waals surface area contributed by atoms with Crippen molar-refractivity contribution in [3.63, 3.8) is 0 Å². The van der Waals surface area contributed by atoms with Crippen LogP contribution in [0.15, 0.2) is 30.5 Å². The number of nitrogens with zero attached hydrogens (tertiary/aromatic N) is 1. The molecule has 1 N–H and O–H groups in total. The first-order valence-electron chi connectivity index (χ1n) is 7.38. The Bertz CT molecular complexity index is 342. The molecule has 0 aromatic carbocycles. The van der Waals surface area contributed by atoms with Gasteiger partial charge in [-0.05, 0) is 64.0 Å². The van der Waals surface area contributed by atoms with E-state index in [2.05, 4.69) is 30.3 Å². The Kier molecular flexibility index (Phi) is 7.47. The zero-order valence-electron chi connectivity index (χ0n) is 12.5. The highest BCUT2D eigenvalue weighted by Gasteiger charge is 2.22. The lowest BCUT2D eigenvalue weighted by Gasteiger charge is -2.30. The molecule has 0 aliphatic heterocycles. The van der Waals surface area contributed by atoms with E-state index in [4.69, 9.17) is 5.41 Å². The van der Waals surface area contributed by atoms with Crippen LogP contribution in [0.4, 0.5) is 0 Å². The van der Waals surface area contributed by atoms with Crippen LogP contribution in [0.3, 0.4) is 0 Å². The number of nitrogens with one attached hydrogen (secondary N) is 1. The normalized spacial score (nSPS) is 23.5. The van der Waals surface area contributed by atoms with Gasteiger partial charge in [-0.25, -0.2) is 0 Å². The molecular weight excluding hydrogens is 232 g/mol. The van der Waals surface area contributed by atoms with Crippen LogP contribution in [0.25, 0.3) is 0 Å². The molecule has 0 unspecified atom stereocenters. The number of allylic oxidation sites excluding steroid dienone is 2.